The molecule has 0 saturated heterocycles. The third kappa shape index (κ3) is 5.49. The number of aliphatic hydroxyl groups is 1. The predicted molar refractivity (Wildman–Crippen MR) is 97.4 cm³/mol. The maximum Gasteiger partial charge on any atom is 0.423 e. The number of nitrogens with one attached hydrogen (secondary N) is 1. The summed E-state index contributed by atoms with van der Waals surface area (Å²) in [5.74, 6) is -0.632. The Bertz CT molecular complexity index is 780. The molecule has 1 aliphatic carbocycles. The summed E-state index contributed by atoms with van der Waals surface area (Å²) < 4.78 is 44.7. The molecule has 1 saturated carbocycles. The molecule has 1 fully saturated rings. The third-order valence-electron chi connectivity index (χ3n) is 3.97. The van der Waals surface area contributed by atoms with Crippen molar-refractivity contribution in [3.05, 3.63) is 36.0 Å². The normalized spacial score (nSPS) is 16.7. The number of aromatic nitrogens is 2. The van der Waals surface area contributed by atoms with E-state index in [0.717, 1.165) is 4.90 Å². The number of nitrogens with zero attached hydrogens (tertiary/aromatic N) is 2. The molecule has 146 valence electrons. The van der Waals surface area contributed by atoms with Crippen LogP contribution in [0.1, 0.15) is 32.3 Å². The zero-order chi connectivity index (χ0) is 19.6. The van der Waals surface area contributed by atoms with Crippen LogP contribution in [-0.4, -0.2) is 32.5 Å². The van der Waals surface area contributed by atoms with Gasteiger partial charge < -0.3 is 15.2 Å². The van der Waals surface area contributed by atoms with Gasteiger partial charge in [0, 0.05) is 22.0 Å². The highest BCUT2D eigenvalue weighted by molar-refractivity contribution is 8.00. The Morgan fingerprint density at radius 1 is 1.22 bits per heavy atom. The number of hydrogen-bond acceptors (Lipinski definition) is 6. The van der Waals surface area contributed by atoms with Crippen molar-refractivity contribution in [1.29, 1.82) is 0 Å². The van der Waals surface area contributed by atoms with E-state index in [0.29, 0.717) is 17.1 Å². The van der Waals surface area contributed by atoms with Crippen LogP contribution in [0.2, 0.25) is 0 Å². The van der Waals surface area contributed by atoms with Crippen molar-refractivity contribution in [2.24, 2.45) is 0 Å². The van der Waals surface area contributed by atoms with Gasteiger partial charge in [-0.1, -0.05) is 0 Å². The molecule has 1 aliphatic rings. The molecule has 1 unspecified atom stereocenters. The molecule has 5 nitrogen and oxygen atoms in total. The fourth-order valence-corrected chi connectivity index (χ4v) is 3.16. The van der Waals surface area contributed by atoms with Gasteiger partial charge in [0.15, 0.2) is 0 Å². The van der Waals surface area contributed by atoms with Crippen molar-refractivity contribution < 1.29 is 23.0 Å². The summed E-state index contributed by atoms with van der Waals surface area (Å²) >= 11 is 1.81. The van der Waals surface area contributed by atoms with Crippen LogP contribution >= 0.6 is 11.8 Å². The van der Waals surface area contributed by atoms with Crippen molar-refractivity contribution in [3.8, 4) is 5.88 Å². The number of halogens is 3. The molecule has 0 radical (unpaired) electrons. The van der Waals surface area contributed by atoms with Gasteiger partial charge in [0.05, 0.1) is 6.10 Å². The molecule has 9 heteroatoms. The van der Waals surface area contributed by atoms with Crippen molar-refractivity contribution >= 4 is 23.4 Å². The SMILES string of the molecule is CC(O)[C@@H](C)Oc1nc(Nc2ccc(SC3CC3)cc2)ncc1C(F)(F)F. The minimum atomic E-state index is -4.66. The summed E-state index contributed by atoms with van der Waals surface area (Å²) in [5.41, 5.74) is -0.429. The van der Waals surface area contributed by atoms with Crippen LogP contribution in [0.5, 0.6) is 5.88 Å². The average Bonchev–Trinajstić information content (AvgIpc) is 3.39. The number of anilines is 2. The first-order chi connectivity index (χ1) is 12.7. The van der Waals surface area contributed by atoms with Crippen LogP contribution < -0.4 is 10.1 Å². The summed E-state index contributed by atoms with van der Waals surface area (Å²) in [4.78, 5) is 8.75. The van der Waals surface area contributed by atoms with E-state index >= 15 is 0 Å². The number of aliphatic hydroxyl groups excluding tert-OH is 1. The molecule has 0 amide bonds. The van der Waals surface area contributed by atoms with E-state index in [-0.39, 0.29) is 5.95 Å². The standard InChI is InChI=1S/C18H20F3N3O2S/c1-10(25)11(2)26-16-15(18(19,20)21)9-22-17(24-16)23-12-3-5-13(6-4-12)27-14-7-8-14/h3-6,9-11,14,25H,7-8H2,1-2H3,(H,22,23,24)/t10?,11-/m1/s1. The summed E-state index contributed by atoms with van der Waals surface area (Å²) in [5, 5.41) is 13.1. The van der Waals surface area contributed by atoms with Crippen LogP contribution in [0.4, 0.5) is 24.8 Å². The van der Waals surface area contributed by atoms with Crippen LogP contribution in [-0.2, 0) is 6.18 Å². The van der Waals surface area contributed by atoms with Gasteiger partial charge >= 0.3 is 6.18 Å². The highest BCUT2D eigenvalue weighted by Gasteiger charge is 2.37. The second kappa shape index (κ2) is 7.93. The molecule has 2 N–H and O–H groups in total. The van der Waals surface area contributed by atoms with Crippen LogP contribution in [0, 0.1) is 0 Å². The largest absolute Gasteiger partial charge is 0.471 e. The van der Waals surface area contributed by atoms with Crippen molar-refractivity contribution in [2.75, 3.05) is 5.32 Å². The second-order valence-electron chi connectivity index (χ2n) is 6.44. The monoisotopic (exact) mass is 399 g/mol. The van der Waals surface area contributed by atoms with E-state index in [4.69, 9.17) is 4.74 Å². The summed E-state index contributed by atoms with van der Waals surface area (Å²) in [6.45, 7) is 2.90. The lowest BCUT2D eigenvalue weighted by Crippen LogP contribution is -2.27. The number of thioether (sulfide) groups is 1. The van der Waals surface area contributed by atoms with E-state index in [1.165, 1.54) is 26.7 Å². The quantitative estimate of drug-likeness (QED) is 0.707. The Balaban J connectivity index is 1.78. The second-order valence-corrected chi connectivity index (χ2v) is 7.81. The zero-order valence-electron chi connectivity index (χ0n) is 14.8. The Morgan fingerprint density at radius 3 is 2.44 bits per heavy atom. The van der Waals surface area contributed by atoms with Gasteiger partial charge in [0.2, 0.25) is 11.8 Å². The molecule has 0 spiro atoms. The highest BCUT2D eigenvalue weighted by Crippen LogP contribution is 2.39. The fourth-order valence-electron chi connectivity index (χ4n) is 2.11. The summed E-state index contributed by atoms with van der Waals surface area (Å²) in [6, 6.07) is 7.54. The van der Waals surface area contributed by atoms with Crippen molar-refractivity contribution in [1.82, 2.24) is 9.97 Å². The van der Waals surface area contributed by atoms with E-state index in [1.54, 1.807) is 0 Å². The molecule has 1 aromatic heterocycles. The Hall–Kier alpha value is -2.00. The lowest BCUT2D eigenvalue weighted by molar-refractivity contribution is -0.140. The molecule has 2 atom stereocenters. The van der Waals surface area contributed by atoms with Crippen LogP contribution in [0.25, 0.3) is 0 Å². The summed E-state index contributed by atoms with van der Waals surface area (Å²) in [6.07, 6.45) is -3.32. The molecule has 2 aromatic rings. The van der Waals surface area contributed by atoms with Crippen molar-refractivity contribution in [3.63, 3.8) is 0 Å². The first-order valence-electron chi connectivity index (χ1n) is 8.55. The first kappa shape index (κ1) is 19.8. The number of ether oxygens (including phenoxy) is 1. The van der Waals surface area contributed by atoms with E-state index in [9.17, 15) is 18.3 Å². The fraction of sp³-hybridized carbons (Fsp3) is 0.444. The number of alkyl halides is 3. The maximum atomic E-state index is 13.2. The minimum absolute atomic E-state index is 0.0154. The summed E-state index contributed by atoms with van der Waals surface area (Å²) in [7, 11) is 0. The smallest absolute Gasteiger partial charge is 0.423 e. The van der Waals surface area contributed by atoms with Gasteiger partial charge in [0.1, 0.15) is 11.7 Å². The Labute approximate surface area is 159 Å². The average molecular weight is 399 g/mol. The molecule has 0 bridgehead atoms. The van der Waals surface area contributed by atoms with Gasteiger partial charge in [-0.2, -0.15) is 18.2 Å². The lowest BCUT2D eigenvalue weighted by Gasteiger charge is -2.20. The minimum Gasteiger partial charge on any atom is -0.471 e. The van der Waals surface area contributed by atoms with Gasteiger partial charge in [-0.15, -0.1) is 11.8 Å². The highest BCUT2D eigenvalue weighted by atomic mass is 32.2. The number of benzene rings is 1. The molecule has 3 rings (SSSR count). The van der Waals surface area contributed by atoms with Crippen LogP contribution in [0.15, 0.2) is 35.4 Å². The first-order valence-corrected chi connectivity index (χ1v) is 9.43. The maximum absolute atomic E-state index is 13.2. The Morgan fingerprint density at radius 2 is 1.89 bits per heavy atom. The molecule has 27 heavy (non-hydrogen) atoms. The molecule has 1 aromatic carbocycles. The third-order valence-corrected chi connectivity index (χ3v) is 5.32. The van der Waals surface area contributed by atoms with Gasteiger partial charge in [-0.05, 0) is 51.0 Å². The van der Waals surface area contributed by atoms with Crippen LogP contribution in [0.3, 0.4) is 0 Å². The molecular formula is C18H20F3N3O2S. The van der Waals surface area contributed by atoms with Gasteiger partial charge in [-0.25, -0.2) is 4.98 Å². The van der Waals surface area contributed by atoms with Gasteiger partial charge in [-0.3, -0.25) is 0 Å². The van der Waals surface area contributed by atoms with Crippen molar-refractivity contribution in [2.45, 2.75) is 55.2 Å². The van der Waals surface area contributed by atoms with Gasteiger partial charge in [0.25, 0.3) is 0 Å². The number of rotatable bonds is 7. The molecular weight excluding hydrogens is 379 g/mol. The lowest BCUT2D eigenvalue weighted by atomic mass is 10.2. The zero-order valence-corrected chi connectivity index (χ0v) is 15.6. The molecule has 0 aliphatic heterocycles. The number of hydrogen-bond donors (Lipinski definition) is 2. The van der Waals surface area contributed by atoms with E-state index in [2.05, 4.69) is 15.3 Å². The van der Waals surface area contributed by atoms with E-state index < -0.39 is 29.8 Å². The molecule has 1 heterocycles. The topological polar surface area (TPSA) is 67.3 Å². The Kier molecular flexibility index (Phi) is 5.81. The van der Waals surface area contributed by atoms with E-state index in [1.807, 2.05) is 36.0 Å². The predicted octanol–water partition coefficient (Wildman–Crippen LogP) is 4.64.